The van der Waals surface area contributed by atoms with Crippen molar-refractivity contribution in [2.24, 2.45) is 0 Å². The monoisotopic (exact) mass is 462 g/mol. The van der Waals surface area contributed by atoms with Gasteiger partial charge in [-0.15, -0.1) is 0 Å². The largest absolute Gasteiger partial charge is 0.434 e. The number of alkyl carbamates (subject to hydrolysis) is 1. The van der Waals surface area contributed by atoms with E-state index in [4.69, 9.17) is 4.74 Å². The van der Waals surface area contributed by atoms with E-state index in [1.165, 1.54) is 29.5 Å². The van der Waals surface area contributed by atoms with Crippen LogP contribution >= 0.6 is 0 Å². The summed E-state index contributed by atoms with van der Waals surface area (Å²) < 4.78 is 46.4. The third-order valence-corrected chi connectivity index (χ3v) is 6.42. The number of amides is 2. The topological polar surface area (TPSA) is 83.6 Å². The Hall–Kier alpha value is -3.30. The molecule has 2 heterocycles. The fourth-order valence-corrected chi connectivity index (χ4v) is 4.54. The number of carbonyl (C=O) groups is 2. The molecule has 10 heteroatoms. The van der Waals surface area contributed by atoms with Gasteiger partial charge in [-0.3, -0.25) is 9.78 Å². The zero-order chi connectivity index (χ0) is 24.0. The number of benzene rings is 1. The van der Waals surface area contributed by atoms with E-state index in [0.29, 0.717) is 10.6 Å². The molecule has 2 N–H and O–H groups in total. The van der Waals surface area contributed by atoms with Gasteiger partial charge in [0.1, 0.15) is 0 Å². The summed E-state index contributed by atoms with van der Waals surface area (Å²) in [6.07, 6.45) is -4.77. The molecule has 0 bridgehead atoms. The van der Waals surface area contributed by atoms with Crippen molar-refractivity contribution in [3.8, 4) is 0 Å². The second-order valence-electron chi connectivity index (χ2n) is 8.92. The Balaban J connectivity index is 1.52. The van der Waals surface area contributed by atoms with E-state index < -0.39 is 30.3 Å². The number of hydrogen-bond acceptors (Lipinski definition) is 5. The summed E-state index contributed by atoms with van der Waals surface area (Å²) in [7, 11) is 1.03. The quantitative estimate of drug-likeness (QED) is 0.710. The number of cyclic esters (lactones) is 1. The average molecular weight is 462 g/mol. The predicted molar refractivity (Wildman–Crippen MR) is 115 cm³/mol. The number of alkyl halides is 3. The highest BCUT2D eigenvalue weighted by Gasteiger charge is 2.48. The number of aromatic nitrogens is 1. The molecule has 0 radical (unpaired) electrons. The molecule has 33 heavy (non-hydrogen) atoms. The van der Waals surface area contributed by atoms with E-state index in [1.807, 2.05) is 12.1 Å². The summed E-state index contributed by atoms with van der Waals surface area (Å²) in [6.45, 7) is 4.08. The molecule has 1 aliphatic carbocycles. The van der Waals surface area contributed by atoms with Gasteiger partial charge in [0.2, 0.25) is 0 Å². The number of anilines is 1. The van der Waals surface area contributed by atoms with Crippen molar-refractivity contribution in [2.75, 3.05) is 18.9 Å². The number of nitrogens with zero attached hydrogens (tertiary/aromatic N) is 2. The number of likely N-dealkylation sites (N-methyl/N-ethyl adjacent to an activating group) is 1. The molecule has 4 rings (SSSR count). The van der Waals surface area contributed by atoms with Crippen LogP contribution in [0.2, 0.25) is 0 Å². The van der Waals surface area contributed by atoms with Crippen LogP contribution < -0.4 is 10.6 Å². The lowest BCUT2D eigenvalue weighted by Crippen LogP contribution is -2.45. The maximum atomic E-state index is 13.9. The Kier molecular flexibility index (Phi) is 5.71. The van der Waals surface area contributed by atoms with Gasteiger partial charge < -0.3 is 20.3 Å². The molecule has 2 amide bonds. The maximum absolute atomic E-state index is 13.9. The Morgan fingerprint density at radius 1 is 1.27 bits per heavy atom. The van der Waals surface area contributed by atoms with Crippen LogP contribution in [-0.4, -0.2) is 53.8 Å². The van der Waals surface area contributed by atoms with Crippen LogP contribution in [0.3, 0.4) is 0 Å². The van der Waals surface area contributed by atoms with E-state index in [2.05, 4.69) is 41.6 Å². The molecule has 0 saturated carbocycles. The summed E-state index contributed by atoms with van der Waals surface area (Å²) in [5.74, 6) is -0.954. The van der Waals surface area contributed by atoms with Gasteiger partial charge in [0, 0.05) is 18.5 Å². The number of ether oxygens (including phenoxy) is 1. The minimum Gasteiger partial charge on any atom is -0.434 e. The Labute approximate surface area is 189 Å². The number of carbonyl (C=O) groups excluding carboxylic acids is 2. The highest BCUT2D eigenvalue weighted by atomic mass is 19.4. The summed E-state index contributed by atoms with van der Waals surface area (Å²) in [4.78, 5) is 28.2. The molecular formula is C23H25F3N4O3. The maximum Gasteiger partial charge on any atom is 0.414 e. The van der Waals surface area contributed by atoms with Gasteiger partial charge in [-0.25, -0.2) is 4.79 Å². The molecule has 1 aromatic heterocycles. The molecule has 1 saturated heterocycles. The average Bonchev–Trinajstić information content (AvgIpc) is 3.29. The van der Waals surface area contributed by atoms with Gasteiger partial charge in [0.25, 0.3) is 5.91 Å². The first-order chi connectivity index (χ1) is 15.5. The SMILES string of the molecule is CN(C(=O)C1CNC(=O)O1)C(c1ccc(NC2Cc3ccccc3C2(C)C)cn1)C(F)(F)F. The van der Waals surface area contributed by atoms with Gasteiger partial charge >= 0.3 is 12.3 Å². The van der Waals surface area contributed by atoms with Crippen molar-refractivity contribution in [1.29, 1.82) is 0 Å². The molecule has 2 aromatic rings. The lowest BCUT2D eigenvalue weighted by molar-refractivity contribution is -0.192. The Morgan fingerprint density at radius 3 is 2.58 bits per heavy atom. The molecule has 0 spiro atoms. The Morgan fingerprint density at radius 2 is 2.00 bits per heavy atom. The first kappa shape index (κ1) is 22.9. The van der Waals surface area contributed by atoms with E-state index >= 15 is 0 Å². The molecule has 3 atom stereocenters. The number of rotatable bonds is 5. The van der Waals surface area contributed by atoms with Crippen LogP contribution in [0.1, 0.15) is 36.7 Å². The standard InChI is InChI=1S/C23H25F3N4O3/c1-22(2)15-7-5-4-6-13(15)10-18(22)29-14-8-9-16(27-11-14)19(23(24,25)26)30(3)20(31)17-12-28-21(32)33-17/h4-9,11,17-19,29H,10,12H2,1-3H3,(H,28,32). The third kappa shape index (κ3) is 4.34. The summed E-state index contributed by atoms with van der Waals surface area (Å²) in [5.41, 5.74) is 2.59. The fourth-order valence-electron chi connectivity index (χ4n) is 4.54. The van der Waals surface area contributed by atoms with Crippen molar-refractivity contribution in [2.45, 2.75) is 50.0 Å². The molecule has 3 unspecified atom stereocenters. The first-order valence-corrected chi connectivity index (χ1v) is 10.6. The lowest BCUT2D eigenvalue weighted by atomic mass is 9.83. The van der Waals surface area contributed by atoms with Crippen LogP contribution in [0.25, 0.3) is 0 Å². The molecule has 176 valence electrons. The van der Waals surface area contributed by atoms with Crippen molar-refractivity contribution in [3.63, 3.8) is 0 Å². The zero-order valence-corrected chi connectivity index (χ0v) is 18.4. The van der Waals surface area contributed by atoms with E-state index in [0.717, 1.165) is 13.5 Å². The minimum absolute atomic E-state index is 0.0507. The van der Waals surface area contributed by atoms with Crippen molar-refractivity contribution in [1.82, 2.24) is 15.2 Å². The molecule has 2 aliphatic rings. The summed E-state index contributed by atoms with van der Waals surface area (Å²) in [6, 6.07) is 8.74. The number of nitrogens with one attached hydrogen (secondary N) is 2. The second-order valence-corrected chi connectivity index (χ2v) is 8.92. The van der Waals surface area contributed by atoms with Gasteiger partial charge in [-0.2, -0.15) is 13.2 Å². The van der Waals surface area contributed by atoms with Gasteiger partial charge in [-0.05, 0) is 29.7 Å². The van der Waals surface area contributed by atoms with Gasteiger partial charge in [0.15, 0.2) is 12.1 Å². The van der Waals surface area contributed by atoms with Crippen LogP contribution in [-0.2, 0) is 21.4 Å². The number of halogens is 3. The van der Waals surface area contributed by atoms with Crippen LogP contribution in [0, 0.1) is 0 Å². The molecule has 1 aliphatic heterocycles. The van der Waals surface area contributed by atoms with Crippen molar-refractivity contribution >= 4 is 17.7 Å². The molecular weight excluding hydrogens is 437 g/mol. The predicted octanol–water partition coefficient (Wildman–Crippen LogP) is 3.57. The van der Waals surface area contributed by atoms with E-state index in [-0.39, 0.29) is 23.7 Å². The van der Waals surface area contributed by atoms with Gasteiger partial charge in [-0.1, -0.05) is 38.1 Å². The van der Waals surface area contributed by atoms with Crippen molar-refractivity contribution in [3.05, 3.63) is 59.4 Å². The summed E-state index contributed by atoms with van der Waals surface area (Å²) >= 11 is 0. The zero-order valence-electron chi connectivity index (χ0n) is 18.4. The molecule has 1 fully saturated rings. The smallest absolute Gasteiger partial charge is 0.414 e. The summed E-state index contributed by atoms with van der Waals surface area (Å²) in [5, 5.41) is 5.66. The molecule has 1 aromatic carbocycles. The number of hydrogen-bond donors (Lipinski definition) is 2. The van der Waals surface area contributed by atoms with Crippen LogP contribution in [0.15, 0.2) is 42.6 Å². The minimum atomic E-state index is -4.77. The normalized spacial score (nSPS) is 22.2. The van der Waals surface area contributed by atoms with Crippen LogP contribution in [0.5, 0.6) is 0 Å². The molecule has 7 nitrogen and oxygen atoms in total. The fraction of sp³-hybridized carbons (Fsp3) is 0.435. The van der Waals surface area contributed by atoms with E-state index in [9.17, 15) is 22.8 Å². The highest BCUT2D eigenvalue weighted by molar-refractivity contribution is 5.86. The number of fused-ring (bicyclic) bond motifs is 1. The highest BCUT2D eigenvalue weighted by Crippen LogP contribution is 2.40. The van der Waals surface area contributed by atoms with E-state index in [1.54, 1.807) is 0 Å². The Bertz CT molecular complexity index is 1060. The first-order valence-electron chi connectivity index (χ1n) is 10.6. The lowest BCUT2D eigenvalue weighted by Gasteiger charge is -2.31. The third-order valence-electron chi connectivity index (χ3n) is 6.42. The number of pyridine rings is 1. The van der Waals surface area contributed by atoms with Gasteiger partial charge in [0.05, 0.1) is 24.1 Å². The van der Waals surface area contributed by atoms with Crippen molar-refractivity contribution < 1.29 is 27.5 Å². The van der Waals surface area contributed by atoms with Crippen LogP contribution in [0.4, 0.5) is 23.7 Å². The second kappa shape index (κ2) is 8.24.